The zero-order valence-electron chi connectivity index (χ0n) is 13.3. The smallest absolute Gasteiger partial charge is 0.310 e. The number of hydrogen-bond donors (Lipinski definition) is 1. The molecule has 1 N–H and O–H groups in total. The Morgan fingerprint density at radius 2 is 1.80 bits per heavy atom. The van der Waals surface area contributed by atoms with Crippen molar-refractivity contribution in [3.63, 3.8) is 0 Å². The van der Waals surface area contributed by atoms with Gasteiger partial charge in [0.2, 0.25) is 0 Å². The van der Waals surface area contributed by atoms with Gasteiger partial charge in [-0.25, -0.2) is 0 Å². The Hall–Kier alpha value is -0.610. The fourth-order valence-electron chi connectivity index (χ4n) is 4.12. The van der Waals surface area contributed by atoms with Crippen molar-refractivity contribution in [3.05, 3.63) is 0 Å². The molecule has 2 rings (SSSR count). The summed E-state index contributed by atoms with van der Waals surface area (Å²) in [6, 6.07) is 0.562. The highest BCUT2D eigenvalue weighted by atomic mass is 16.4. The van der Waals surface area contributed by atoms with Gasteiger partial charge in [-0.05, 0) is 32.9 Å². The summed E-state index contributed by atoms with van der Waals surface area (Å²) in [5.41, 5.74) is -0.489. The number of aliphatic carboxylic acids is 1. The molecule has 0 aromatic heterocycles. The van der Waals surface area contributed by atoms with Crippen LogP contribution in [0.5, 0.6) is 0 Å². The van der Waals surface area contributed by atoms with Crippen LogP contribution in [0.3, 0.4) is 0 Å². The zero-order chi connectivity index (χ0) is 14.8. The Labute approximate surface area is 123 Å². The molecule has 4 nitrogen and oxygen atoms in total. The van der Waals surface area contributed by atoms with Gasteiger partial charge in [0.1, 0.15) is 0 Å². The molecule has 116 valence electrons. The van der Waals surface area contributed by atoms with Gasteiger partial charge >= 0.3 is 5.97 Å². The standard InChI is InChI=1S/C16H30N2O2/c1-13-10-18(11-14(13)17(2)3)12-16(15(19)20)8-6-4-5-7-9-16/h13-14H,4-12H2,1-3H3,(H,19,20). The third-order valence-corrected chi connectivity index (χ3v) is 5.35. The first-order valence-corrected chi connectivity index (χ1v) is 8.07. The van der Waals surface area contributed by atoms with Crippen molar-refractivity contribution < 1.29 is 9.90 Å². The minimum atomic E-state index is -0.569. The molecule has 20 heavy (non-hydrogen) atoms. The van der Waals surface area contributed by atoms with E-state index in [1.807, 2.05) is 0 Å². The van der Waals surface area contributed by atoms with E-state index in [9.17, 15) is 9.90 Å². The van der Waals surface area contributed by atoms with Crippen molar-refractivity contribution in [1.29, 1.82) is 0 Å². The molecule has 2 atom stereocenters. The first-order valence-electron chi connectivity index (χ1n) is 8.07. The molecule has 2 unspecified atom stereocenters. The molecule has 2 fully saturated rings. The first kappa shape index (κ1) is 15.8. The van der Waals surface area contributed by atoms with Crippen LogP contribution in [0.4, 0.5) is 0 Å². The number of likely N-dealkylation sites (N-methyl/N-ethyl adjacent to an activating group) is 1. The maximum atomic E-state index is 11.9. The molecule has 0 aromatic carbocycles. The molecule has 2 aliphatic rings. The van der Waals surface area contributed by atoms with Crippen LogP contribution in [0.2, 0.25) is 0 Å². The van der Waals surface area contributed by atoms with E-state index in [2.05, 4.69) is 30.8 Å². The summed E-state index contributed by atoms with van der Waals surface area (Å²) in [6.45, 7) is 5.09. The summed E-state index contributed by atoms with van der Waals surface area (Å²) in [5, 5.41) is 9.78. The van der Waals surface area contributed by atoms with Gasteiger partial charge in [-0.1, -0.05) is 32.6 Å². The highest BCUT2D eigenvalue weighted by Crippen LogP contribution is 2.37. The normalized spacial score (nSPS) is 31.4. The van der Waals surface area contributed by atoms with Gasteiger partial charge in [-0.2, -0.15) is 0 Å². The van der Waals surface area contributed by atoms with Crippen molar-refractivity contribution in [2.24, 2.45) is 11.3 Å². The quantitative estimate of drug-likeness (QED) is 0.804. The number of hydrogen-bond acceptors (Lipinski definition) is 3. The van der Waals surface area contributed by atoms with E-state index in [1.165, 1.54) is 12.8 Å². The number of carboxylic acids is 1. The highest BCUT2D eigenvalue weighted by molar-refractivity contribution is 5.75. The summed E-state index contributed by atoms with van der Waals surface area (Å²) in [7, 11) is 4.26. The SMILES string of the molecule is CC1CN(CC2(C(=O)O)CCCCCC2)CC1N(C)C. The number of nitrogens with zero attached hydrogens (tertiary/aromatic N) is 2. The molecular weight excluding hydrogens is 252 g/mol. The largest absolute Gasteiger partial charge is 0.481 e. The molecule has 1 aliphatic carbocycles. The maximum Gasteiger partial charge on any atom is 0.310 e. The fraction of sp³-hybridized carbons (Fsp3) is 0.938. The zero-order valence-corrected chi connectivity index (χ0v) is 13.3. The van der Waals surface area contributed by atoms with Crippen LogP contribution >= 0.6 is 0 Å². The molecule has 1 saturated carbocycles. The molecule has 0 amide bonds. The third-order valence-electron chi connectivity index (χ3n) is 5.35. The van der Waals surface area contributed by atoms with Gasteiger partial charge in [0.15, 0.2) is 0 Å². The summed E-state index contributed by atoms with van der Waals surface area (Å²) in [4.78, 5) is 16.6. The maximum absolute atomic E-state index is 11.9. The molecule has 1 aliphatic heterocycles. The van der Waals surface area contributed by atoms with Crippen LogP contribution < -0.4 is 0 Å². The lowest BCUT2D eigenvalue weighted by molar-refractivity contribution is -0.151. The first-order chi connectivity index (χ1) is 9.44. The van der Waals surface area contributed by atoms with Crippen molar-refractivity contribution in [2.45, 2.75) is 51.5 Å². The molecule has 0 radical (unpaired) electrons. The van der Waals surface area contributed by atoms with Gasteiger partial charge in [-0.3, -0.25) is 4.79 Å². The van der Waals surface area contributed by atoms with Gasteiger partial charge in [-0.15, -0.1) is 0 Å². The lowest BCUT2D eigenvalue weighted by atomic mass is 9.80. The second kappa shape index (κ2) is 6.44. The van der Waals surface area contributed by atoms with E-state index >= 15 is 0 Å². The minimum absolute atomic E-state index is 0.489. The van der Waals surface area contributed by atoms with Gasteiger partial charge in [0.25, 0.3) is 0 Å². The number of likely N-dealkylation sites (tertiary alicyclic amines) is 1. The van der Waals surface area contributed by atoms with E-state index in [1.54, 1.807) is 0 Å². The molecule has 0 aromatic rings. The van der Waals surface area contributed by atoms with E-state index in [0.29, 0.717) is 12.0 Å². The Morgan fingerprint density at radius 3 is 2.25 bits per heavy atom. The number of carboxylic acid groups (broad SMARTS) is 1. The molecule has 1 saturated heterocycles. The Kier molecular flexibility index (Phi) is 5.08. The van der Waals surface area contributed by atoms with Crippen molar-refractivity contribution in [2.75, 3.05) is 33.7 Å². The summed E-state index contributed by atoms with van der Waals surface area (Å²) >= 11 is 0. The minimum Gasteiger partial charge on any atom is -0.481 e. The Bertz CT molecular complexity index is 335. The van der Waals surface area contributed by atoms with Gasteiger partial charge in [0.05, 0.1) is 5.41 Å². The molecule has 4 heteroatoms. The molecule has 0 spiro atoms. The van der Waals surface area contributed by atoms with E-state index in [0.717, 1.165) is 45.3 Å². The number of carbonyl (C=O) groups is 1. The van der Waals surface area contributed by atoms with Crippen LogP contribution in [0, 0.1) is 11.3 Å². The summed E-state index contributed by atoms with van der Waals surface area (Å²) < 4.78 is 0. The van der Waals surface area contributed by atoms with E-state index < -0.39 is 11.4 Å². The van der Waals surface area contributed by atoms with Crippen LogP contribution in [-0.2, 0) is 4.79 Å². The average molecular weight is 282 g/mol. The van der Waals surface area contributed by atoms with Gasteiger partial charge < -0.3 is 14.9 Å². The van der Waals surface area contributed by atoms with Crippen LogP contribution in [0.1, 0.15) is 45.4 Å². The second-order valence-corrected chi connectivity index (χ2v) is 7.20. The van der Waals surface area contributed by atoms with Crippen molar-refractivity contribution >= 4 is 5.97 Å². The van der Waals surface area contributed by atoms with Crippen molar-refractivity contribution in [1.82, 2.24) is 9.80 Å². The highest BCUT2D eigenvalue weighted by Gasteiger charge is 2.42. The van der Waals surface area contributed by atoms with Crippen LogP contribution in [-0.4, -0.2) is 60.6 Å². The predicted molar refractivity (Wildman–Crippen MR) is 80.8 cm³/mol. The molecular formula is C16H30N2O2. The molecule has 1 heterocycles. The Balaban J connectivity index is 2.04. The van der Waals surface area contributed by atoms with E-state index in [4.69, 9.17) is 0 Å². The second-order valence-electron chi connectivity index (χ2n) is 7.20. The molecule has 0 bridgehead atoms. The predicted octanol–water partition coefficient (Wildman–Crippen LogP) is 2.29. The summed E-state index contributed by atoms with van der Waals surface area (Å²) in [5.74, 6) is 0.0574. The monoisotopic (exact) mass is 282 g/mol. The fourth-order valence-corrected chi connectivity index (χ4v) is 4.12. The topological polar surface area (TPSA) is 43.8 Å². The Morgan fingerprint density at radius 1 is 1.20 bits per heavy atom. The van der Waals surface area contributed by atoms with Crippen molar-refractivity contribution in [3.8, 4) is 0 Å². The third kappa shape index (κ3) is 3.34. The van der Waals surface area contributed by atoms with Crippen LogP contribution in [0.25, 0.3) is 0 Å². The lowest BCUT2D eigenvalue weighted by Crippen LogP contribution is -2.43. The van der Waals surface area contributed by atoms with Gasteiger partial charge in [0, 0.05) is 25.7 Å². The number of rotatable bonds is 4. The van der Waals surface area contributed by atoms with Crippen LogP contribution in [0.15, 0.2) is 0 Å². The summed E-state index contributed by atoms with van der Waals surface area (Å²) in [6.07, 6.45) is 6.27. The lowest BCUT2D eigenvalue weighted by Gasteiger charge is -2.33. The average Bonchev–Trinajstić information content (AvgIpc) is 2.60. The van der Waals surface area contributed by atoms with E-state index in [-0.39, 0.29) is 0 Å².